The molecular formula is C18H25N7O3S. The van der Waals surface area contributed by atoms with Gasteiger partial charge in [-0.2, -0.15) is 12.6 Å². The molecule has 1 saturated heterocycles. The second kappa shape index (κ2) is 9.89. The Labute approximate surface area is 173 Å². The van der Waals surface area contributed by atoms with E-state index in [9.17, 15) is 9.90 Å². The van der Waals surface area contributed by atoms with Gasteiger partial charge in [-0.3, -0.25) is 9.36 Å². The van der Waals surface area contributed by atoms with Crippen LogP contribution in [0.4, 0.5) is 5.82 Å². The van der Waals surface area contributed by atoms with Gasteiger partial charge in [0.1, 0.15) is 11.8 Å². The van der Waals surface area contributed by atoms with Crippen LogP contribution in [0, 0.1) is 11.8 Å². The van der Waals surface area contributed by atoms with Crippen LogP contribution in [0.3, 0.4) is 0 Å². The summed E-state index contributed by atoms with van der Waals surface area (Å²) < 4.78 is 7.72. The summed E-state index contributed by atoms with van der Waals surface area (Å²) >= 11 is 4.52. The fourth-order valence-corrected chi connectivity index (χ4v) is 3.52. The van der Waals surface area contributed by atoms with Crippen LogP contribution in [0.1, 0.15) is 31.9 Å². The number of nitrogen functional groups attached to an aromatic ring is 1. The van der Waals surface area contributed by atoms with Crippen LogP contribution in [0.25, 0.3) is 11.2 Å². The molecule has 0 aromatic carbocycles. The Bertz CT molecular complexity index is 910. The van der Waals surface area contributed by atoms with Crippen molar-refractivity contribution in [2.24, 2.45) is 5.73 Å². The number of thiol groups is 1. The zero-order valence-corrected chi connectivity index (χ0v) is 16.8. The third-order valence-electron chi connectivity index (χ3n) is 4.66. The van der Waals surface area contributed by atoms with Gasteiger partial charge >= 0.3 is 0 Å². The third-order valence-corrected chi connectivity index (χ3v) is 5.22. The molecule has 3 rings (SSSR count). The van der Waals surface area contributed by atoms with Gasteiger partial charge < -0.3 is 26.6 Å². The molecule has 1 fully saturated rings. The number of aliphatic hydroxyl groups excluding tert-OH is 1. The molecule has 6 N–H and O–H groups in total. The normalized spacial score (nSPS) is 23.7. The van der Waals surface area contributed by atoms with E-state index in [0.717, 1.165) is 0 Å². The predicted octanol–water partition coefficient (Wildman–Crippen LogP) is -0.396. The van der Waals surface area contributed by atoms with Crippen molar-refractivity contribution in [2.45, 2.75) is 49.4 Å². The van der Waals surface area contributed by atoms with E-state index >= 15 is 0 Å². The van der Waals surface area contributed by atoms with Crippen molar-refractivity contribution in [3.05, 3.63) is 12.7 Å². The van der Waals surface area contributed by atoms with E-state index in [4.69, 9.17) is 16.2 Å². The Morgan fingerprint density at radius 3 is 3.00 bits per heavy atom. The average Bonchev–Trinajstić information content (AvgIpc) is 3.26. The highest BCUT2D eigenvalue weighted by Gasteiger charge is 2.42. The summed E-state index contributed by atoms with van der Waals surface area (Å²) in [5, 5.41) is 12.8. The third kappa shape index (κ3) is 4.97. The molecule has 1 aliphatic heterocycles. The maximum atomic E-state index is 11.5. The van der Waals surface area contributed by atoms with Gasteiger partial charge in [-0.15, -0.1) is 5.92 Å². The number of nitrogens with zero attached hydrogens (tertiary/aromatic N) is 4. The molecule has 1 amide bonds. The molecule has 2 aromatic rings. The van der Waals surface area contributed by atoms with Crippen molar-refractivity contribution in [1.82, 2.24) is 24.8 Å². The summed E-state index contributed by atoms with van der Waals surface area (Å²) in [5.74, 6) is 6.10. The number of nitrogens with one attached hydrogen (secondary N) is 1. The van der Waals surface area contributed by atoms with Gasteiger partial charge in [-0.1, -0.05) is 5.92 Å². The highest BCUT2D eigenvalue weighted by atomic mass is 32.1. The minimum atomic E-state index is -0.766. The fraction of sp³-hybridized carbons (Fsp3) is 0.556. The van der Waals surface area contributed by atoms with Crippen LogP contribution in [-0.4, -0.2) is 61.1 Å². The molecular weight excluding hydrogens is 394 g/mol. The first-order valence-electron chi connectivity index (χ1n) is 9.40. The van der Waals surface area contributed by atoms with Crippen molar-refractivity contribution >= 4 is 35.5 Å². The van der Waals surface area contributed by atoms with Gasteiger partial charge in [0.2, 0.25) is 5.91 Å². The number of anilines is 1. The van der Waals surface area contributed by atoms with Crippen molar-refractivity contribution in [2.75, 3.05) is 18.8 Å². The quantitative estimate of drug-likeness (QED) is 0.300. The molecule has 4 atom stereocenters. The molecule has 29 heavy (non-hydrogen) atoms. The molecule has 3 heterocycles. The van der Waals surface area contributed by atoms with Crippen LogP contribution < -0.4 is 16.8 Å². The minimum Gasteiger partial charge on any atom is -0.389 e. The van der Waals surface area contributed by atoms with E-state index < -0.39 is 23.7 Å². The molecule has 0 spiro atoms. The van der Waals surface area contributed by atoms with E-state index in [1.807, 2.05) is 0 Å². The van der Waals surface area contributed by atoms with Crippen molar-refractivity contribution in [3.8, 4) is 11.8 Å². The topological polar surface area (TPSA) is 154 Å². The monoisotopic (exact) mass is 419 g/mol. The number of fused-ring (bicyclic) bond motifs is 1. The number of carbonyl (C=O) groups excluding carboxylic acids is 1. The highest BCUT2D eigenvalue weighted by Crippen LogP contribution is 2.36. The lowest BCUT2D eigenvalue weighted by atomic mass is 10.1. The Morgan fingerprint density at radius 1 is 1.38 bits per heavy atom. The van der Waals surface area contributed by atoms with Crippen LogP contribution >= 0.6 is 12.6 Å². The number of amides is 1. The lowest BCUT2D eigenvalue weighted by Crippen LogP contribution is -2.27. The van der Waals surface area contributed by atoms with Gasteiger partial charge in [-0.25, -0.2) is 15.0 Å². The molecule has 0 aliphatic carbocycles. The van der Waals surface area contributed by atoms with E-state index in [1.54, 1.807) is 10.9 Å². The predicted molar refractivity (Wildman–Crippen MR) is 111 cm³/mol. The average molecular weight is 420 g/mol. The van der Waals surface area contributed by atoms with Gasteiger partial charge in [-0.05, 0) is 19.4 Å². The van der Waals surface area contributed by atoms with E-state index in [-0.39, 0.29) is 18.3 Å². The summed E-state index contributed by atoms with van der Waals surface area (Å²) in [6, 6.07) is 0. The first-order valence-corrected chi connectivity index (χ1v) is 9.91. The number of aromatic nitrogens is 4. The second-order valence-electron chi connectivity index (χ2n) is 6.69. The molecule has 0 unspecified atom stereocenters. The smallest absolute Gasteiger partial charge is 0.220 e. The van der Waals surface area contributed by atoms with Crippen molar-refractivity contribution in [3.63, 3.8) is 0 Å². The summed E-state index contributed by atoms with van der Waals surface area (Å²) in [6.45, 7) is 0.780. The number of ether oxygens (including phenoxy) is 1. The summed E-state index contributed by atoms with van der Waals surface area (Å²) in [5.41, 5.74) is 12.2. The fourth-order valence-electron chi connectivity index (χ4n) is 3.11. The van der Waals surface area contributed by atoms with E-state index in [2.05, 4.69) is 44.7 Å². The maximum absolute atomic E-state index is 11.5. The Hall–Kier alpha value is -2.39. The Morgan fingerprint density at radius 2 is 2.21 bits per heavy atom. The maximum Gasteiger partial charge on any atom is 0.220 e. The van der Waals surface area contributed by atoms with Crippen LogP contribution in [0.15, 0.2) is 12.7 Å². The second-order valence-corrected chi connectivity index (χ2v) is 7.29. The zero-order chi connectivity index (χ0) is 20.8. The molecule has 0 saturated carbocycles. The number of carbonyl (C=O) groups is 1. The molecule has 1 aliphatic rings. The molecule has 2 aromatic heterocycles. The number of aliphatic hydroxyl groups is 1. The summed E-state index contributed by atoms with van der Waals surface area (Å²) in [7, 11) is 0. The standard InChI is InChI=1S/C18H25N7O3S/c19-7-4-6-12(26)21-8-3-1-2-5-11-14(27)15(29)18(28-11)25-10-24-13-16(20)22-9-23-17(13)25/h9-11,14-15,18,27,29H,2,4-8,19H2,(H,21,26)(H2,20,22,23)/t11-,14-,15-,18-/m1/s1. The van der Waals surface area contributed by atoms with Crippen molar-refractivity contribution < 1.29 is 14.6 Å². The highest BCUT2D eigenvalue weighted by molar-refractivity contribution is 7.81. The van der Waals surface area contributed by atoms with Crippen LogP contribution in [0.5, 0.6) is 0 Å². The number of hydrogen-bond donors (Lipinski definition) is 5. The van der Waals surface area contributed by atoms with Crippen LogP contribution in [0.2, 0.25) is 0 Å². The lowest BCUT2D eigenvalue weighted by Gasteiger charge is -2.16. The lowest BCUT2D eigenvalue weighted by molar-refractivity contribution is -0.120. The number of imidazole rings is 1. The SMILES string of the molecule is NCCCC(=O)NCC#CCC[C@H]1O[C@@H](n2cnc3c(N)ncnc32)[C@H](S)[C@@H]1O. The molecule has 0 radical (unpaired) electrons. The Kier molecular flexibility index (Phi) is 7.27. The zero-order valence-electron chi connectivity index (χ0n) is 15.9. The molecule has 0 bridgehead atoms. The van der Waals surface area contributed by atoms with Gasteiger partial charge in [0.05, 0.1) is 30.3 Å². The molecule has 10 nitrogen and oxygen atoms in total. The largest absolute Gasteiger partial charge is 0.389 e. The van der Waals surface area contributed by atoms with E-state index in [1.165, 1.54) is 6.33 Å². The first-order chi connectivity index (χ1) is 14.0. The number of hydrogen-bond acceptors (Lipinski definition) is 9. The summed E-state index contributed by atoms with van der Waals surface area (Å²) in [4.78, 5) is 23.8. The first kappa shape index (κ1) is 21.3. The van der Waals surface area contributed by atoms with Crippen molar-refractivity contribution in [1.29, 1.82) is 0 Å². The minimum absolute atomic E-state index is 0.0583. The van der Waals surface area contributed by atoms with Gasteiger partial charge in [0.15, 0.2) is 17.7 Å². The summed E-state index contributed by atoms with van der Waals surface area (Å²) in [6.07, 6.45) is 3.32. The molecule has 11 heteroatoms. The van der Waals surface area contributed by atoms with Crippen LogP contribution in [-0.2, 0) is 9.53 Å². The number of nitrogens with two attached hydrogens (primary N) is 2. The molecule has 156 valence electrons. The number of rotatable bonds is 7. The van der Waals surface area contributed by atoms with Gasteiger partial charge in [0.25, 0.3) is 0 Å². The van der Waals surface area contributed by atoms with Gasteiger partial charge in [0, 0.05) is 12.8 Å². The Balaban J connectivity index is 1.53. The van der Waals surface area contributed by atoms with E-state index in [0.29, 0.717) is 43.4 Å².